The van der Waals surface area contributed by atoms with Gasteiger partial charge in [-0.3, -0.25) is 4.79 Å². The van der Waals surface area contributed by atoms with E-state index in [1.54, 1.807) is 0 Å². The number of nitrogens with one attached hydrogen (secondary N) is 1. The molecular formula is C22H33N5O. The number of aryl methyl sites for hydroxylation is 1. The van der Waals surface area contributed by atoms with Crippen molar-refractivity contribution < 1.29 is 4.79 Å². The van der Waals surface area contributed by atoms with Gasteiger partial charge >= 0.3 is 0 Å². The lowest BCUT2D eigenvalue weighted by molar-refractivity contribution is -0.121. The summed E-state index contributed by atoms with van der Waals surface area (Å²) in [7, 11) is 0. The highest BCUT2D eigenvalue weighted by molar-refractivity contribution is 5.75. The topological polar surface area (TPSA) is 63.1 Å². The zero-order chi connectivity index (χ0) is 19.9. The highest BCUT2D eigenvalue weighted by atomic mass is 16.1. The SMILES string of the molecule is CCC(=O)NC(c1nnc2n1CCN(CCCc1ccccc1)CC2)C(C)C. The molecule has 3 rings (SSSR count). The molecule has 0 aliphatic carbocycles. The maximum absolute atomic E-state index is 12.0. The molecule has 1 aromatic heterocycles. The molecule has 1 N–H and O–H groups in total. The lowest BCUT2D eigenvalue weighted by Gasteiger charge is -2.23. The number of benzene rings is 1. The van der Waals surface area contributed by atoms with Crippen molar-refractivity contribution in [3.63, 3.8) is 0 Å². The zero-order valence-corrected chi connectivity index (χ0v) is 17.4. The van der Waals surface area contributed by atoms with Crippen LogP contribution in [-0.2, 0) is 24.2 Å². The molecule has 1 unspecified atom stereocenters. The Labute approximate surface area is 168 Å². The predicted molar refractivity (Wildman–Crippen MR) is 111 cm³/mol. The van der Waals surface area contributed by atoms with Gasteiger partial charge in [0.25, 0.3) is 0 Å². The number of carbonyl (C=O) groups excluding carboxylic acids is 1. The van der Waals surface area contributed by atoms with Crippen molar-refractivity contribution in [3.05, 3.63) is 47.5 Å². The second-order valence-electron chi connectivity index (χ2n) is 7.95. The Morgan fingerprint density at radius 1 is 1.14 bits per heavy atom. The van der Waals surface area contributed by atoms with Crippen molar-refractivity contribution in [1.82, 2.24) is 25.0 Å². The van der Waals surface area contributed by atoms with Crippen molar-refractivity contribution in [2.45, 2.75) is 59.0 Å². The zero-order valence-electron chi connectivity index (χ0n) is 17.4. The minimum absolute atomic E-state index is 0.0622. The Bertz CT molecular complexity index is 756. The summed E-state index contributed by atoms with van der Waals surface area (Å²) >= 11 is 0. The molecule has 6 heteroatoms. The molecule has 1 amide bonds. The molecule has 1 aliphatic heterocycles. The van der Waals surface area contributed by atoms with E-state index in [0.29, 0.717) is 6.42 Å². The van der Waals surface area contributed by atoms with Crippen LogP contribution in [-0.4, -0.2) is 45.2 Å². The molecule has 0 spiro atoms. The summed E-state index contributed by atoms with van der Waals surface area (Å²) < 4.78 is 2.23. The van der Waals surface area contributed by atoms with Gasteiger partial charge in [0.15, 0.2) is 5.82 Å². The summed E-state index contributed by atoms with van der Waals surface area (Å²) in [6.07, 6.45) is 3.68. The van der Waals surface area contributed by atoms with Gasteiger partial charge in [-0.05, 0) is 30.9 Å². The molecule has 0 bridgehead atoms. The smallest absolute Gasteiger partial charge is 0.220 e. The van der Waals surface area contributed by atoms with Gasteiger partial charge in [0, 0.05) is 32.5 Å². The molecule has 0 saturated carbocycles. The van der Waals surface area contributed by atoms with E-state index >= 15 is 0 Å². The molecule has 0 saturated heterocycles. The molecule has 6 nitrogen and oxygen atoms in total. The van der Waals surface area contributed by atoms with Crippen LogP contribution in [0.1, 0.15) is 56.9 Å². The van der Waals surface area contributed by atoms with Crippen LogP contribution in [0.4, 0.5) is 0 Å². The first-order valence-electron chi connectivity index (χ1n) is 10.6. The lowest BCUT2D eigenvalue weighted by Crippen LogP contribution is -2.34. The number of hydrogen-bond donors (Lipinski definition) is 1. The van der Waals surface area contributed by atoms with E-state index in [0.717, 1.165) is 50.7 Å². The Balaban J connectivity index is 1.60. The van der Waals surface area contributed by atoms with E-state index in [4.69, 9.17) is 0 Å². The quantitative estimate of drug-likeness (QED) is 0.761. The van der Waals surface area contributed by atoms with Crippen molar-refractivity contribution in [3.8, 4) is 0 Å². The van der Waals surface area contributed by atoms with E-state index in [2.05, 4.69) is 69.2 Å². The molecule has 152 valence electrons. The summed E-state index contributed by atoms with van der Waals surface area (Å²) in [5, 5.41) is 12.0. The van der Waals surface area contributed by atoms with Gasteiger partial charge in [-0.2, -0.15) is 0 Å². The van der Waals surface area contributed by atoms with Crippen molar-refractivity contribution in [2.24, 2.45) is 5.92 Å². The first kappa shape index (κ1) is 20.5. The van der Waals surface area contributed by atoms with Crippen molar-refractivity contribution >= 4 is 5.91 Å². The first-order valence-corrected chi connectivity index (χ1v) is 10.6. The minimum atomic E-state index is -0.0849. The summed E-state index contributed by atoms with van der Waals surface area (Å²) in [5.74, 6) is 2.27. The maximum Gasteiger partial charge on any atom is 0.220 e. The van der Waals surface area contributed by atoms with Gasteiger partial charge in [0.1, 0.15) is 5.82 Å². The van der Waals surface area contributed by atoms with Crippen LogP contribution < -0.4 is 5.32 Å². The van der Waals surface area contributed by atoms with Crippen molar-refractivity contribution in [1.29, 1.82) is 0 Å². The number of fused-ring (bicyclic) bond motifs is 1. The molecule has 0 fully saturated rings. The summed E-state index contributed by atoms with van der Waals surface area (Å²) in [6.45, 7) is 10.1. The standard InChI is InChI=1S/C22H33N5O/c1-4-20(28)23-21(17(2)3)22-25-24-19-12-14-26(15-16-27(19)22)13-8-11-18-9-6-5-7-10-18/h5-7,9-10,17,21H,4,8,11-16H2,1-3H3,(H,23,28). The molecule has 28 heavy (non-hydrogen) atoms. The van der Waals surface area contributed by atoms with E-state index < -0.39 is 0 Å². The molecule has 0 radical (unpaired) electrons. The second kappa shape index (κ2) is 9.82. The predicted octanol–water partition coefficient (Wildman–Crippen LogP) is 2.99. The molecule has 1 atom stereocenters. The number of nitrogens with zero attached hydrogens (tertiary/aromatic N) is 4. The highest BCUT2D eigenvalue weighted by Gasteiger charge is 2.27. The van der Waals surface area contributed by atoms with Gasteiger partial charge in [-0.15, -0.1) is 10.2 Å². The Morgan fingerprint density at radius 3 is 2.64 bits per heavy atom. The van der Waals surface area contributed by atoms with Crippen LogP contribution >= 0.6 is 0 Å². The van der Waals surface area contributed by atoms with Crippen LogP contribution in [0.5, 0.6) is 0 Å². The van der Waals surface area contributed by atoms with Crippen LogP contribution in [0.25, 0.3) is 0 Å². The number of amides is 1. The largest absolute Gasteiger partial charge is 0.346 e. The highest BCUT2D eigenvalue weighted by Crippen LogP contribution is 2.22. The monoisotopic (exact) mass is 383 g/mol. The van der Waals surface area contributed by atoms with Crippen molar-refractivity contribution in [2.75, 3.05) is 19.6 Å². The molecule has 2 aromatic rings. The normalized spacial score (nSPS) is 15.9. The maximum atomic E-state index is 12.0. The third-order valence-electron chi connectivity index (χ3n) is 5.51. The molecular weight excluding hydrogens is 350 g/mol. The van der Waals surface area contributed by atoms with Crippen LogP contribution in [0.3, 0.4) is 0 Å². The first-order chi connectivity index (χ1) is 13.6. The van der Waals surface area contributed by atoms with E-state index in [-0.39, 0.29) is 17.9 Å². The Morgan fingerprint density at radius 2 is 1.93 bits per heavy atom. The fourth-order valence-corrected chi connectivity index (χ4v) is 3.80. The third kappa shape index (κ3) is 5.19. The van der Waals surface area contributed by atoms with Gasteiger partial charge < -0.3 is 14.8 Å². The molecule has 1 aliphatic rings. The minimum Gasteiger partial charge on any atom is -0.346 e. The number of hydrogen-bond acceptors (Lipinski definition) is 4. The summed E-state index contributed by atoms with van der Waals surface area (Å²) in [6, 6.07) is 10.6. The third-order valence-corrected chi connectivity index (χ3v) is 5.51. The number of carbonyl (C=O) groups is 1. The van der Waals surface area contributed by atoms with Crippen LogP contribution in [0.15, 0.2) is 30.3 Å². The fourth-order valence-electron chi connectivity index (χ4n) is 3.80. The lowest BCUT2D eigenvalue weighted by atomic mass is 10.0. The van der Waals surface area contributed by atoms with Gasteiger partial charge in [-0.1, -0.05) is 51.1 Å². The number of rotatable bonds is 8. The van der Waals surface area contributed by atoms with E-state index in [9.17, 15) is 4.79 Å². The van der Waals surface area contributed by atoms with Crippen LogP contribution in [0.2, 0.25) is 0 Å². The number of aromatic nitrogens is 3. The van der Waals surface area contributed by atoms with Gasteiger partial charge in [0.05, 0.1) is 6.04 Å². The van der Waals surface area contributed by atoms with E-state index in [1.165, 1.54) is 12.0 Å². The van der Waals surface area contributed by atoms with E-state index in [1.807, 2.05) is 6.92 Å². The molecule has 1 aromatic carbocycles. The Kier molecular flexibility index (Phi) is 7.20. The fraction of sp³-hybridized carbons (Fsp3) is 0.591. The second-order valence-corrected chi connectivity index (χ2v) is 7.95. The molecule has 2 heterocycles. The average Bonchev–Trinajstić information content (AvgIpc) is 2.99. The van der Waals surface area contributed by atoms with Crippen LogP contribution in [0, 0.1) is 5.92 Å². The van der Waals surface area contributed by atoms with Gasteiger partial charge in [-0.25, -0.2) is 0 Å². The summed E-state index contributed by atoms with van der Waals surface area (Å²) in [5.41, 5.74) is 1.41. The van der Waals surface area contributed by atoms with Gasteiger partial charge in [0.2, 0.25) is 5.91 Å². The Hall–Kier alpha value is -2.21. The summed E-state index contributed by atoms with van der Waals surface area (Å²) in [4.78, 5) is 14.5. The average molecular weight is 384 g/mol.